The molecule has 4 aliphatic rings. The van der Waals surface area contributed by atoms with Gasteiger partial charge >= 0.3 is 0 Å². The van der Waals surface area contributed by atoms with E-state index in [-0.39, 0.29) is 40.2 Å². The van der Waals surface area contributed by atoms with E-state index in [0.29, 0.717) is 17.9 Å². The molecule has 2 saturated carbocycles. The lowest BCUT2D eigenvalue weighted by Crippen LogP contribution is -2.51. The van der Waals surface area contributed by atoms with Gasteiger partial charge in [0, 0.05) is 23.6 Å². The van der Waals surface area contributed by atoms with Gasteiger partial charge in [-0.1, -0.05) is 63.6 Å². The molecule has 4 nitrogen and oxygen atoms in total. The molecule has 2 fully saturated rings. The molecule has 0 radical (unpaired) electrons. The Morgan fingerprint density at radius 1 is 1.03 bits per heavy atom. The van der Waals surface area contributed by atoms with Crippen molar-refractivity contribution in [2.45, 2.75) is 91.3 Å². The van der Waals surface area contributed by atoms with E-state index in [1.165, 1.54) is 5.57 Å². The van der Waals surface area contributed by atoms with Crippen molar-refractivity contribution in [3.8, 4) is 0 Å². The lowest BCUT2D eigenvalue weighted by atomic mass is 9.51. The molecule has 8 atom stereocenters. The Kier molecular flexibility index (Phi) is 6.76. The number of benzene rings is 1. The monoisotopic (exact) mass is 504 g/mol. The first-order valence-corrected chi connectivity index (χ1v) is 14.5. The summed E-state index contributed by atoms with van der Waals surface area (Å²) in [5.41, 5.74) is 3.99. The quantitative estimate of drug-likeness (QED) is 0.511. The fourth-order valence-electron chi connectivity index (χ4n) is 9.11. The molecule has 4 heteroatoms. The number of carbonyl (C=O) groups is 1. The van der Waals surface area contributed by atoms with Gasteiger partial charge in [0.2, 0.25) is 0 Å². The average Bonchev–Trinajstić information content (AvgIpc) is 2.96. The minimum atomic E-state index is -0.257. The number of nitrogens with zero attached hydrogens (tertiary/aromatic N) is 1. The van der Waals surface area contributed by atoms with Crippen LogP contribution in [0.2, 0.25) is 0 Å². The number of fused-ring (bicyclic) bond motifs is 4. The molecule has 0 heterocycles. The number of aliphatic hydroxyl groups excluding tert-OH is 1. The third kappa shape index (κ3) is 4.14. The predicted octanol–water partition coefficient (Wildman–Crippen LogP) is 6.23. The fraction of sp³-hybridized carbons (Fsp3) is 0.667. The van der Waals surface area contributed by atoms with E-state index in [2.05, 4.69) is 71.1 Å². The van der Waals surface area contributed by atoms with Crippen molar-refractivity contribution in [1.29, 1.82) is 0 Å². The molecule has 0 aromatic heterocycles. The highest BCUT2D eigenvalue weighted by Gasteiger charge is 2.64. The summed E-state index contributed by atoms with van der Waals surface area (Å²) in [4.78, 5) is 15.3. The van der Waals surface area contributed by atoms with Crippen LogP contribution in [-0.2, 0) is 0 Å². The van der Waals surface area contributed by atoms with Crippen LogP contribution in [0.3, 0.4) is 0 Å². The zero-order chi connectivity index (χ0) is 26.8. The lowest BCUT2D eigenvalue weighted by molar-refractivity contribution is -0.0228. The van der Waals surface area contributed by atoms with E-state index in [0.717, 1.165) is 44.1 Å². The Balaban J connectivity index is 1.40. The minimum Gasteiger partial charge on any atom is -0.393 e. The van der Waals surface area contributed by atoms with E-state index < -0.39 is 0 Å². The van der Waals surface area contributed by atoms with E-state index in [1.54, 1.807) is 5.57 Å². The minimum absolute atomic E-state index is 0.00997. The van der Waals surface area contributed by atoms with E-state index in [1.807, 2.05) is 30.3 Å². The second-order valence-electron chi connectivity index (χ2n) is 13.9. The van der Waals surface area contributed by atoms with Crippen LogP contribution in [0.4, 0.5) is 0 Å². The van der Waals surface area contributed by atoms with E-state index in [9.17, 15) is 9.90 Å². The number of amides is 1. The van der Waals surface area contributed by atoms with Crippen LogP contribution in [0.25, 0.3) is 0 Å². The van der Waals surface area contributed by atoms with Gasteiger partial charge < -0.3 is 15.3 Å². The maximum absolute atomic E-state index is 13.0. The van der Waals surface area contributed by atoms with Crippen molar-refractivity contribution in [3.05, 3.63) is 59.2 Å². The van der Waals surface area contributed by atoms with Crippen LogP contribution in [-0.4, -0.2) is 48.2 Å². The molecule has 0 aliphatic heterocycles. The van der Waals surface area contributed by atoms with Crippen LogP contribution >= 0.6 is 0 Å². The first-order valence-electron chi connectivity index (χ1n) is 14.5. The number of allylic oxidation sites excluding steroid dienone is 4. The molecule has 37 heavy (non-hydrogen) atoms. The van der Waals surface area contributed by atoms with E-state index >= 15 is 0 Å². The normalized spacial score (nSPS) is 39.4. The Labute approximate surface area is 224 Å². The summed E-state index contributed by atoms with van der Waals surface area (Å²) in [6.07, 6.45) is 11.1. The standard InChI is InChI=1S/C33H48N2O2/c1-21(35(6)7)29-27(36)20-33(5)26-15-14-25-23(19-24(26)17-18-32(29,33)4)13-16-28(31(25,2)3)34-30(37)22-11-9-8-10-12-22/h8-12,17,19,21,25-29,36H,13-16,18,20H2,1-7H3,(H,34,37). The molecule has 4 aliphatic carbocycles. The van der Waals surface area contributed by atoms with Crippen molar-refractivity contribution < 1.29 is 9.90 Å². The third-order valence-corrected chi connectivity index (χ3v) is 11.8. The molecular weight excluding hydrogens is 456 g/mol. The second kappa shape index (κ2) is 9.38. The van der Waals surface area contributed by atoms with Gasteiger partial charge in [0.15, 0.2) is 0 Å². The molecule has 8 unspecified atom stereocenters. The number of hydrogen-bond acceptors (Lipinski definition) is 3. The molecular formula is C33H48N2O2. The lowest BCUT2D eigenvalue weighted by Gasteiger charge is -2.53. The number of aliphatic hydroxyl groups is 1. The number of nitrogens with one attached hydrogen (secondary N) is 1. The third-order valence-electron chi connectivity index (χ3n) is 11.8. The molecule has 1 amide bonds. The molecule has 1 aromatic rings. The summed E-state index contributed by atoms with van der Waals surface area (Å²) in [6, 6.07) is 10.1. The summed E-state index contributed by atoms with van der Waals surface area (Å²) in [5.74, 6) is 1.26. The topological polar surface area (TPSA) is 52.6 Å². The van der Waals surface area contributed by atoms with Crippen LogP contribution in [0, 0.1) is 34.0 Å². The Morgan fingerprint density at radius 3 is 2.38 bits per heavy atom. The smallest absolute Gasteiger partial charge is 0.251 e. The van der Waals surface area contributed by atoms with Gasteiger partial charge in [0.1, 0.15) is 0 Å². The average molecular weight is 505 g/mol. The van der Waals surface area contributed by atoms with Crippen LogP contribution in [0.5, 0.6) is 0 Å². The van der Waals surface area contributed by atoms with Crippen molar-refractivity contribution in [3.63, 3.8) is 0 Å². The number of carbonyl (C=O) groups excluding carboxylic acids is 1. The molecule has 1 aromatic carbocycles. The highest BCUT2D eigenvalue weighted by molar-refractivity contribution is 5.94. The van der Waals surface area contributed by atoms with Crippen molar-refractivity contribution in [2.75, 3.05) is 14.1 Å². The highest BCUT2D eigenvalue weighted by atomic mass is 16.3. The van der Waals surface area contributed by atoms with Gasteiger partial charge in [-0.2, -0.15) is 0 Å². The van der Waals surface area contributed by atoms with Gasteiger partial charge in [0.05, 0.1) is 6.10 Å². The zero-order valence-electron chi connectivity index (χ0n) is 24.1. The molecule has 2 N–H and O–H groups in total. The molecule has 202 valence electrons. The van der Waals surface area contributed by atoms with Crippen molar-refractivity contribution in [1.82, 2.24) is 10.2 Å². The molecule has 5 rings (SSSR count). The fourth-order valence-corrected chi connectivity index (χ4v) is 9.11. The van der Waals surface area contributed by atoms with Gasteiger partial charge in [-0.05, 0) is 105 Å². The highest BCUT2D eigenvalue weighted by Crippen LogP contribution is 2.68. The number of hydrogen-bond donors (Lipinski definition) is 2. The van der Waals surface area contributed by atoms with E-state index in [4.69, 9.17) is 0 Å². The first kappa shape index (κ1) is 26.7. The first-order chi connectivity index (χ1) is 17.4. The SMILES string of the molecule is CC(C1C(O)CC2(C)C3CCC4C(=CC3=CCC12C)CCC(NC(=O)c1ccccc1)C4(C)C)N(C)C. The van der Waals surface area contributed by atoms with Crippen molar-refractivity contribution in [2.24, 2.45) is 34.0 Å². The molecule has 0 saturated heterocycles. The largest absolute Gasteiger partial charge is 0.393 e. The van der Waals surface area contributed by atoms with Gasteiger partial charge in [-0.15, -0.1) is 0 Å². The summed E-state index contributed by atoms with van der Waals surface area (Å²) in [7, 11) is 4.30. The summed E-state index contributed by atoms with van der Waals surface area (Å²) < 4.78 is 0. The summed E-state index contributed by atoms with van der Waals surface area (Å²) in [5, 5.41) is 14.8. The maximum atomic E-state index is 13.0. The zero-order valence-corrected chi connectivity index (χ0v) is 24.1. The Bertz CT molecular complexity index is 1090. The van der Waals surface area contributed by atoms with Crippen molar-refractivity contribution >= 4 is 5.91 Å². The summed E-state index contributed by atoms with van der Waals surface area (Å²) >= 11 is 0. The molecule has 0 spiro atoms. The predicted molar refractivity (Wildman–Crippen MR) is 151 cm³/mol. The van der Waals surface area contributed by atoms with Gasteiger partial charge in [-0.25, -0.2) is 0 Å². The second-order valence-corrected chi connectivity index (χ2v) is 13.9. The number of rotatable bonds is 4. The Hall–Kier alpha value is -1.91. The Morgan fingerprint density at radius 2 is 1.70 bits per heavy atom. The van der Waals surface area contributed by atoms with Gasteiger partial charge in [-0.3, -0.25) is 4.79 Å². The van der Waals surface area contributed by atoms with Crippen LogP contribution in [0.1, 0.15) is 83.5 Å². The van der Waals surface area contributed by atoms with Crippen LogP contribution in [0.15, 0.2) is 53.6 Å². The maximum Gasteiger partial charge on any atom is 0.251 e. The van der Waals surface area contributed by atoms with Crippen LogP contribution < -0.4 is 5.32 Å². The summed E-state index contributed by atoms with van der Waals surface area (Å²) in [6.45, 7) is 12.0. The van der Waals surface area contributed by atoms with Gasteiger partial charge in [0.25, 0.3) is 5.91 Å². The molecule has 0 bridgehead atoms.